The Labute approximate surface area is 127 Å². The highest BCUT2D eigenvalue weighted by molar-refractivity contribution is 5.41. The monoisotopic (exact) mass is 293 g/mol. The lowest BCUT2D eigenvalue weighted by molar-refractivity contribution is -0.250. The lowest BCUT2D eigenvalue weighted by atomic mass is 9.73. The molecule has 21 heavy (non-hydrogen) atoms. The van der Waals surface area contributed by atoms with Crippen LogP contribution in [0.3, 0.4) is 0 Å². The average molecular weight is 293 g/mol. The van der Waals surface area contributed by atoms with Crippen molar-refractivity contribution >= 4 is 0 Å². The Kier molecular flexibility index (Phi) is 4.22. The van der Waals surface area contributed by atoms with Gasteiger partial charge in [0.25, 0.3) is 0 Å². The minimum absolute atomic E-state index is 0.173. The van der Waals surface area contributed by atoms with Crippen molar-refractivity contribution < 1.29 is 15.1 Å². The van der Waals surface area contributed by atoms with E-state index < -0.39 is 0 Å². The van der Waals surface area contributed by atoms with E-state index in [1.807, 2.05) is 12.1 Å². The number of phenols is 1. The SMILES string of the molecule is COc1cc(CC2CC(C)(C)N(O)C(C)(C)C2)ccc1O. The van der Waals surface area contributed by atoms with Crippen LogP contribution in [0, 0.1) is 5.92 Å². The summed E-state index contributed by atoms with van der Waals surface area (Å²) in [6.07, 6.45) is 2.81. The predicted octanol–water partition coefficient (Wildman–Crippen LogP) is 3.60. The molecule has 118 valence electrons. The zero-order valence-corrected chi connectivity index (χ0v) is 13.7. The molecule has 0 unspecified atom stereocenters. The Morgan fingerprint density at radius 1 is 1.19 bits per heavy atom. The molecule has 1 aromatic carbocycles. The molecule has 1 aliphatic heterocycles. The fraction of sp³-hybridized carbons (Fsp3) is 0.647. The van der Waals surface area contributed by atoms with E-state index in [-0.39, 0.29) is 16.8 Å². The van der Waals surface area contributed by atoms with Crippen LogP contribution in [0.5, 0.6) is 11.5 Å². The first-order chi connectivity index (χ1) is 9.65. The Morgan fingerprint density at radius 2 is 1.76 bits per heavy atom. The van der Waals surface area contributed by atoms with Gasteiger partial charge >= 0.3 is 0 Å². The van der Waals surface area contributed by atoms with Gasteiger partial charge in [-0.3, -0.25) is 0 Å². The summed E-state index contributed by atoms with van der Waals surface area (Å²) in [7, 11) is 1.56. The molecule has 4 nitrogen and oxygen atoms in total. The topological polar surface area (TPSA) is 52.9 Å². The van der Waals surface area contributed by atoms with Gasteiger partial charge in [-0.25, -0.2) is 0 Å². The molecule has 0 aromatic heterocycles. The van der Waals surface area contributed by atoms with Crippen LogP contribution in [0.1, 0.15) is 46.1 Å². The van der Waals surface area contributed by atoms with E-state index in [0.29, 0.717) is 11.7 Å². The average Bonchev–Trinajstić information content (AvgIpc) is 2.37. The van der Waals surface area contributed by atoms with E-state index >= 15 is 0 Å². The summed E-state index contributed by atoms with van der Waals surface area (Å²) in [5.74, 6) is 1.19. The lowest BCUT2D eigenvalue weighted by Crippen LogP contribution is -2.59. The summed E-state index contributed by atoms with van der Waals surface area (Å²) in [6, 6.07) is 5.54. The number of methoxy groups -OCH3 is 1. The smallest absolute Gasteiger partial charge is 0.160 e. The van der Waals surface area contributed by atoms with Gasteiger partial charge in [0.1, 0.15) is 0 Å². The molecule has 4 heteroatoms. The number of benzene rings is 1. The fourth-order valence-corrected chi connectivity index (χ4v) is 3.80. The van der Waals surface area contributed by atoms with Crippen LogP contribution in [-0.4, -0.2) is 33.6 Å². The van der Waals surface area contributed by atoms with Crippen LogP contribution >= 0.6 is 0 Å². The Hall–Kier alpha value is -1.26. The van der Waals surface area contributed by atoms with E-state index in [4.69, 9.17) is 4.74 Å². The highest BCUT2D eigenvalue weighted by atomic mass is 16.5. The van der Waals surface area contributed by atoms with Crippen molar-refractivity contribution in [3.05, 3.63) is 23.8 Å². The van der Waals surface area contributed by atoms with E-state index in [2.05, 4.69) is 27.7 Å². The quantitative estimate of drug-likeness (QED) is 0.894. The van der Waals surface area contributed by atoms with Crippen molar-refractivity contribution in [1.82, 2.24) is 5.06 Å². The fourth-order valence-electron chi connectivity index (χ4n) is 3.80. The maximum atomic E-state index is 10.3. The third-order valence-electron chi connectivity index (χ3n) is 4.49. The molecule has 0 spiro atoms. The molecule has 0 radical (unpaired) electrons. The van der Waals surface area contributed by atoms with E-state index in [1.165, 1.54) is 5.06 Å². The summed E-state index contributed by atoms with van der Waals surface area (Å²) in [6.45, 7) is 8.33. The molecule has 0 saturated carbocycles. The number of nitrogens with zero attached hydrogens (tertiary/aromatic N) is 1. The van der Waals surface area contributed by atoms with Gasteiger partial charge < -0.3 is 15.1 Å². The molecule has 0 aliphatic carbocycles. The molecule has 1 saturated heterocycles. The van der Waals surface area contributed by atoms with Crippen molar-refractivity contribution in [2.45, 2.75) is 58.0 Å². The summed E-state index contributed by atoms with van der Waals surface area (Å²) in [5, 5.41) is 21.5. The van der Waals surface area contributed by atoms with Gasteiger partial charge in [0.2, 0.25) is 0 Å². The van der Waals surface area contributed by atoms with E-state index in [0.717, 1.165) is 24.8 Å². The van der Waals surface area contributed by atoms with Crippen LogP contribution in [-0.2, 0) is 6.42 Å². The number of phenolic OH excluding ortho intramolecular Hbond substituents is 1. The molecular formula is C17H27NO3. The largest absolute Gasteiger partial charge is 0.504 e. The normalized spacial score (nSPS) is 22.2. The van der Waals surface area contributed by atoms with Crippen LogP contribution in [0.15, 0.2) is 18.2 Å². The molecule has 1 aromatic rings. The number of piperidine rings is 1. The lowest BCUT2D eigenvalue weighted by Gasteiger charge is -2.51. The zero-order chi connectivity index (χ0) is 15.8. The van der Waals surface area contributed by atoms with Gasteiger partial charge in [-0.2, -0.15) is 5.06 Å². The van der Waals surface area contributed by atoms with Gasteiger partial charge in [-0.1, -0.05) is 6.07 Å². The minimum Gasteiger partial charge on any atom is -0.504 e. The second-order valence-electron chi connectivity index (χ2n) is 7.42. The number of hydrogen-bond donors (Lipinski definition) is 2. The standard InChI is InChI=1S/C17H27NO3/c1-16(2)10-13(11-17(3,4)18(16)20)8-12-6-7-14(19)15(9-12)21-5/h6-7,9,13,19-20H,8,10-11H2,1-5H3. The third kappa shape index (κ3) is 3.33. The van der Waals surface area contributed by atoms with Crippen molar-refractivity contribution in [3.63, 3.8) is 0 Å². The molecule has 1 heterocycles. The number of hydrogen-bond acceptors (Lipinski definition) is 4. The molecule has 1 fully saturated rings. The van der Waals surface area contributed by atoms with Crippen molar-refractivity contribution in [2.24, 2.45) is 5.92 Å². The number of hydroxylamine groups is 2. The van der Waals surface area contributed by atoms with Crippen LogP contribution in [0.2, 0.25) is 0 Å². The second-order valence-corrected chi connectivity index (χ2v) is 7.42. The molecular weight excluding hydrogens is 266 g/mol. The van der Waals surface area contributed by atoms with Gasteiger partial charge in [0.05, 0.1) is 7.11 Å². The maximum Gasteiger partial charge on any atom is 0.160 e. The zero-order valence-electron chi connectivity index (χ0n) is 13.7. The van der Waals surface area contributed by atoms with Gasteiger partial charge in [-0.15, -0.1) is 0 Å². The second kappa shape index (κ2) is 5.50. The first-order valence-electron chi connectivity index (χ1n) is 7.51. The number of aromatic hydroxyl groups is 1. The molecule has 2 N–H and O–H groups in total. The molecule has 0 bridgehead atoms. The molecule has 2 rings (SSSR count). The van der Waals surface area contributed by atoms with Gasteiger partial charge in [0.15, 0.2) is 11.5 Å². The predicted molar refractivity (Wildman–Crippen MR) is 82.9 cm³/mol. The Balaban J connectivity index is 2.16. The maximum absolute atomic E-state index is 10.3. The van der Waals surface area contributed by atoms with Gasteiger partial charge in [-0.05, 0) is 70.6 Å². The third-order valence-corrected chi connectivity index (χ3v) is 4.49. The van der Waals surface area contributed by atoms with Crippen LogP contribution < -0.4 is 4.74 Å². The first kappa shape index (κ1) is 16.1. The highest BCUT2D eigenvalue weighted by Gasteiger charge is 2.44. The van der Waals surface area contributed by atoms with Crippen LogP contribution in [0.4, 0.5) is 0 Å². The minimum atomic E-state index is -0.229. The molecule has 0 amide bonds. The highest BCUT2D eigenvalue weighted by Crippen LogP contribution is 2.41. The summed E-state index contributed by atoms with van der Waals surface area (Å²) >= 11 is 0. The Bertz CT molecular complexity index is 493. The summed E-state index contributed by atoms with van der Waals surface area (Å²) in [5.41, 5.74) is 0.702. The van der Waals surface area contributed by atoms with Crippen molar-refractivity contribution in [3.8, 4) is 11.5 Å². The van der Waals surface area contributed by atoms with Crippen LogP contribution in [0.25, 0.3) is 0 Å². The van der Waals surface area contributed by atoms with E-state index in [9.17, 15) is 10.3 Å². The van der Waals surface area contributed by atoms with Gasteiger partial charge in [0, 0.05) is 11.1 Å². The summed E-state index contributed by atoms with van der Waals surface area (Å²) in [4.78, 5) is 0. The number of ether oxygens (including phenoxy) is 1. The van der Waals surface area contributed by atoms with Crippen molar-refractivity contribution in [2.75, 3.05) is 7.11 Å². The molecule has 1 aliphatic rings. The summed E-state index contributed by atoms with van der Waals surface area (Å²) < 4.78 is 5.18. The number of rotatable bonds is 3. The van der Waals surface area contributed by atoms with E-state index in [1.54, 1.807) is 13.2 Å². The Morgan fingerprint density at radius 3 is 2.29 bits per heavy atom. The first-order valence-corrected chi connectivity index (χ1v) is 7.51. The van der Waals surface area contributed by atoms with Crippen molar-refractivity contribution in [1.29, 1.82) is 0 Å². The molecule has 0 atom stereocenters.